The van der Waals surface area contributed by atoms with E-state index in [9.17, 15) is 14.7 Å². The van der Waals surface area contributed by atoms with Crippen molar-refractivity contribution in [1.82, 2.24) is 4.90 Å². The first-order valence-corrected chi connectivity index (χ1v) is 13.2. The zero-order chi connectivity index (χ0) is 23.9. The SMILES string of the molecule is CCCC[C@@H]1[C@H]2CCCC[C@]2(O)CCN1C(=O)COc1ccc2c3c(c(=O)oc2c1C)CCC3. The van der Waals surface area contributed by atoms with Crippen molar-refractivity contribution in [3.8, 4) is 5.75 Å². The van der Waals surface area contributed by atoms with Gasteiger partial charge >= 0.3 is 5.63 Å². The monoisotopic (exact) mass is 467 g/mol. The molecular formula is C28H37NO5. The Hall–Kier alpha value is -2.34. The average molecular weight is 468 g/mol. The normalized spacial score (nSPS) is 26.4. The molecule has 2 fully saturated rings. The van der Waals surface area contributed by atoms with Crippen molar-refractivity contribution in [1.29, 1.82) is 0 Å². The Morgan fingerprint density at radius 3 is 2.85 bits per heavy atom. The molecule has 1 amide bonds. The van der Waals surface area contributed by atoms with Crippen LogP contribution in [0.25, 0.3) is 11.0 Å². The molecule has 184 valence electrons. The Morgan fingerprint density at radius 1 is 1.21 bits per heavy atom. The van der Waals surface area contributed by atoms with Crippen LogP contribution in [0.3, 0.4) is 0 Å². The lowest BCUT2D eigenvalue weighted by Gasteiger charge is -2.52. The third-order valence-corrected chi connectivity index (χ3v) is 8.58. The highest BCUT2D eigenvalue weighted by Gasteiger charge is 2.49. The number of ether oxygens (including phenoxy) is 1. The number of carbonyl (C=O) groups is 1. The van der Waals surface area contributed by atoms with Gasteiger partial charge in [0.1, 0.15) is 11.3 Å². The predicted molar refractivity (Wildman–Crippen MR) is 131 cm³/mol. The lowest BCUT2D eigenvalue weighted by Crippen LogP contribution is -2.61. The molecule has 1 aliphatic heterocycles. The van der Waals surface area contributed by atoms with Crippen molar-refractivity contribution in [2.24, 2.45) is 5.92 Å². The molecule has 34 heavy (non-hydrogen) atoms. The molecule has 2 aliphatic carbocycles. The van der Waals surface area contributed by atoms with Crippen LogP contribution < -0.4 is 10.4 Å². The summed E-state index contributed by atoms with van der Waals surface area (Å²) in [5.41, 5.74) is 2.37. The van der Waals surface area contributed by atoms with E-state index in [1.807, 2.05) is 24.0 Å². The van der Waals surface area contributed by atoms with Gasteiger partial charge in [-0.2, -0.15) is 0 Å². The van der Waals surface area contributed by atoms with Crippen LogP contribution in [-0.2, 0) is 17.6 Å². The van der Waals surface area contributed by atoms with Gasteiger partial charge in [0.2, 0.25) is 0 Å². The third kappa shape index (κ3) is 4.04. The largest absolute Gasteiger partial charge is 0.483 e. The summed E-state index contributed by atoms with van der Waals surface area (Å²) >= 11 is 0. The summed E-state index contributed by atoms with van der Waals surface area (Å²) in [5, 5.41) is 12.3. The summed E-state index contributed by atoms with van der Waals surface area (Å²) in [5.74, 6) is 0.714. The maximum absolute atomic E-state index is 13.4. The number of amides is 1. The van der Waals surface area contributed by atoms with E-state index in [1.165, 1.54) is 0 Å². The number of nitrogens with zero attached hydrogens (tertiary/aromatic N) is 1. The van der Waals surface area contributed by atoms with Gasteiger partial charge in [-0.05, 0) is 69.6 Å². The number of hydrogen-bond donors (Lipinski definition) is 1. The topological polar surface area (TPSA) is 80.0 Å². The van der Waals surface area contributed by atoms with Crippen molar-refractivity contribution in [2.75, 3.05) is 13.2 Å². The van der Waals surface area contributed by atoms with Gasteiger partial charge in [-0.15, -0.1) is 0 Å². The highest BCUT2D eigenvalue weighted by molar-refractivity contribution is 5.86. The van der Waals surface area contributed by atoms with Gasteiger partial charge in [0.05, 0.1) is 5.60 Å². The van der Waals surface area contributed by atoms with Crippen LogP contribution in [0.2, 0.25) is 0 Å². The van der Waals surface area contributed by atoms with Gasteiger partial charge in [0.15, 0.2) is 6.61 Å². The molecule has 2 heterocycles. The number of benzene rings is 1. The quantitative estimate of drug-likeness (QED) is 0.624. The predicted octanol–water partition coefficient (Wildman–Crippen LogP) is 4.68. The first-order chi connectivity index (χ1) is 16.4. The molecule has 0 spiro atoms. The molecule has 5 rings (SSSR count). The van der Waals surface area contributed by atoms with Crippen molar-refractivity contribution in [2.45, 2.75) is 96.1 Å². The van der Waals surface area contributed by atoms with E-state index >= 15 is 0 Å². The lowest BCUT2D eigenvalue weighted by molar-refractivity contribution is -0.157. The molecule has 2 aromatic rings. The average Bonchev–Trinajstić information content (AvgIpc) is 3.33. The van der Waals surface area contributed by atoms with E-state index in [0.717, 1.165) is 86.3 Å². The molecule has 6 heteroatoms. The number of aryl methyl sites for hydroxylation is 2. The van der Waals surface area contributed by atoms with Gasteiger partial charge in [0.25, 0.3) is 5.91 Å². The minimum atomic E-state index is -0.624. The van der Waals surface area contributed by atoms with Crippen LogP contribution in [0.15, 0.2) is 21.3 Å². The second-order valence-electron chi connectivity index (χ2n) is 10.6. The Bertz CT molecular complexity index is 1140. The van der Waals surface area contributed by atoms with Gasteiger partial charge < -0.3 is 19.2 Å². The number of piperidine rings is 1. The molecule has 6 nitrogen and oxygen atoms in total. The fraction of sp³-hybridized carbons (Fsp3) is 0.643. The molecule has 3 aliphatic rings. The highest BCUT2D eigenvalue weighted by Crippen LogP contribution is 2.44. The minimum absolute atomic E-state index is 0.0244. The molecule has 1 saturated heterocycles. The molecule has 1 saturated carbocycles. The zero-order valence-corrected chi connectivity index (χ0v) is 20.5. The smallest absolute Gasteiger partial charge is 0.339 e. The first-order valence-electron chi connectivity index (χ1n) is 13.2. The Balaban J connectivity index is 1.34. The Morgan fingerprint density at radius 2 is 2.03 bits per heavy atom. The molecule has 0 unspecified atom stereocenters. The fourth-order valence-electron chi connectivity index (χ4n) is 6.73. The van der Waals surface area contributed by atoms with E-state index in [4.69, 9.17) is 9.15 Å². The number of likely N-dealkylation sites (tertiary alicyclic amines) is 1. The van der Waals surface area contributed by atoms with Gasteiger partial charge in [-0.1, -0.05) is 32.6 Å². The van der Waals surface area contributed by atoms with E-state index in [-0.39, 0.29) is 30.1 Å². The molecular weight excluding hydrogens is 430 g/mol. The summed E-state index contributed by atoms with van der Waals surface area (Å²) in [6, 6.07) is 3.93. The first kappa shape index (κ1) is 23.4. The van der Waals surface area contributed by atoms with Crippen LogP contribution in [0.4, 0.5) is 0 Å². The summed E-state index contributed by atoms with van der Waals surface area (Å²) < 4.78 is 11.7. The summed E-state index contributed by atoms with van der Waals surface area (Å²) in [4.78, 5) is 27.8. The molecule has 3 atom stereocenters. The second-order valence-corrected chi connectivity index (χ2v) is 10.6. The third-order valence-electron chi connectivity index (χ3n) is 8.58. The van der Waals surface area contributed by atoms with Gasteiger partial charge in [-0.25, -0.2) is 4.79 Å². The molecule has 0 radical (unpaired) electrons. The summed E-state index contributed by atoms with van der Waals surface area (Å²) in [6.07, 6.45) is 10.4. The van der Waals surface area contributed by atoms with Crippen molar-refractivity contribution < 1.29 is 19.1 Å². The Labute approximate surface area is 201 Å². The van der Waals surface area contributed by atoms with Gasteiger partial charge in [-0.3, -0.25) is 4.79 Å². The van der Waals surface area contributed by atoms with E-state index in [2.05, 4.69) is 6.92 Å². The zero-order valence-electron chi connectivity index (χ0n) is 20.5. The van der Waals surface area contributed by atoms with Crippen LogP contribution in [-0.4, -0.2) is 40.7 Å². The van der Waals surface area contributed by atoms with Crippen LogP contribution in [0.5, 0.6) is 5.75 Å². The van der Waals surface area contributed by atoms with E-state index in [1.54, 1.807) is 0 Å². The van der Waals surface area contributed by atoms with E-state index in [0.29, 0.717) is 24.3 Å². The van der Waals surface area contributed by atoms with Crippen LogP contribution in [0.1, 0.15) is 81.4 Å². The number of fused-ring (bicyclic) bond motifs is 4. The molecule has 1 aromatic carbocycles. The van der Waals surface area contributed by atoms with Crippen molar-refractivity contribution in [3.05, 3.63) is 39.2 Å². The maximum Gasteiger partial charge on any atom is 0.339 e. The van der Waals surface area contributed by atoms with Crippen LogP contribution >= 0.6 is 0 Å². The second kappa shape index (κ2) is 9.37. The Kier molecular flexibility index (Phi) is 6.45. The molecule has 0 bridgehead atoms. The molecule has 1 aromatic heterocycles. The maximum atomic E-state index is 13.4. The number of hydrogen-bond acceptors (Lipinski definition) is 5. The number of carbonyl (C=O) groups excluding carboxylic acids is 1. The van der Waals surface area contributed by atoms with Crippen LogP contribution in [0, 0.1) is 12.8 Å². The van der Waals surface area contributed by atoms with Crippen molar-refractivity contribution >= 4 is 16.9 Å². The number of unbranched alkanes of at least 4 members (excludes halogenated alkanes) is 1. The van der Waals surface area contributed by atoms with E-state index < -0.39 is 5.60 Å². The van der Waals surface area contributed by atoms with Crippen molar-refractivity contribution in [3.63, 3.8) is 0 Å². The highest BCUT2D eigenvalue weighted by atomic mass is 16.5. The minimum Gasteiger partial charge on any atom is -0.483 e. The standard InChI is InChI=1S/C28H37NO5/c1-3-4-11-23-22-10-5-6-14-28(22,32)15-16-29(23)25(30)17-33-24-13-12-20-19-8-7-9-21(19)27(31)34-26(20)18(24)2/h12-13,22-23,32H,3-11,14-17H2,1-2H3/t22-,23-,28+/m1/s1. The van der Waals surface area contributed by atoms with Gasteiger partial charge in [0, 0.05) is 35.0 Å². The summed E-state index contributed by atoms with van der Waals surface area (Å²) in [6.45, 7) is 4.59. The summed E-state index contributed by atoms with van der Waals surface area (Å²) in [7, 11) is 0. The lowest BCUT2D eigenvalue weighted by atomic mass is 9.66. The fourth-order valence-corrected chi connectivity index (χ4v) is 6.73. The number of aliphatic hydroxyl groups is 1. The molecule has 1 N–H and O–H groups in total. The number of rotatable bonds is 6.